The molecule has 24 heavy (non-hydrogen) atoms. The van der Waals surface area contributed by atoms with Gasteiger partial charge in [0.05, 0.1) is 23.0 Å². The minimum atomic E-state index is -3.68. The second-order valence-electron chi connectivity index (χ2n) is 5.83. The smallest absolute Gasteiger partial charge is 0.244 e. The van der Waals surface area contributed by atoms with Crippen LogP contribution in [-0.2, 0) is 16.6 Å². The first-order chi connectivity index (χ1) is 11.2. The number of hydrogen-bond donors (Lipinski definition) is 0. The molecule has 1 aromatic carbocycles. The van der Waals surface area contributed by atoms with Gasteiger partial charge in [-0.1, -0.05) is 17.7 Å². The van der Waals surface area contributed by atoms with Crippen LogP contribution >= 0.6 is 22.9 Å². The van der Waals surface area contributed by atoms with Crippen LogP contribution in [0.15, 0.2) is 29.3 Å². The monoisotopic (exact) mass is 383 g/mol. The van der Waals surface area contributed by atoms with Gasteiger partial charge in [0.15, 0.2) is 4.96 Å². The van der Waals surface area contributed by atoms with Gasteiger partial charge in [-0.3, -0.25) is 4.40 Å². The number of halogens is 1. The highest BCUT2D eigenvalue weighted by Crippen LogP contribution is 2.27. The average Bonchev–Trinajstić information content (AvgIpc) is 2.95. The van der Waals surface area contributed by atoms with E-state index in [-0.39, 0.29) is 16.5 Å². The van der Waals surface area contributed by atoms with Gasteiger partial charge in [-0.05, 0) is 38.5 Å². The number of sulfonamides is 1. The van der Waals surface area contributed by atoms with Gasteiger partial charge in [0.1, 0.15) is 4.90 Å². The molecule has 0 saturated carbocycles. The standard InChI is InChI=1S/C16H18ClN3O2S2/c1-10-5-6-15(13(17)7-10)24(21,22)19(4)9-14-12(3)18-16-20(14)8-11(2)23-16/h5-8H,9H2,1-4H3. The summed E-state index contributed by atoms with van der Waals surface area (Å²) in [6.45, 7) is 6.00. The summed E-state index contributed by atoms with van der Waals surface area (Å²) in [5.74, 6) is 0. The zero-order chi connectivity index (χ0) is 17.6. The molecule has 0 amide bonds. The third-order valence-electron chi connectivity index (χ3n) is 3.89. The predicted molar refractivity (Wildman–Crippen MR) is 97.4 cm³/mol. The van der Waals surface area contributed by atoms with Gasteiger partial charge in [0, 0.05) is 18.1 Å². The van der Waals surface area contributed by atoms with Crippen molar-refractivity contribution in [3.63, 3.8) is 0 Å². The fourth-order valence-electron chi connectivity index (χ4n) is 2.58. The Bertz CT molecular complexity index is 1020. The lowest BCUT2D eigenvalue weighted by Gasteiger charge is -2.18. The summed E-state index contributed by atoms with van der Waals surface area (Å²) in [5, 5.41) is 0.239. The Morgan fingerprint density at radius 2 is 2.00 bits per heavy atom. The zero-order valence-corrected chi connectivity index (χ0v) is 16.3. The Morgan fingerprint density at radius 1 is 1.29 bits per heavy atom. The summed E-state index contributed by atoms with van der Waals surface area (Å²) < 4.78 is 29.0. The van der Waals surface area contributed by atoms with Crippen molar-refractivity contribution in [2.75, 3.05) is 7.05 Å². The number of nitrogens with zero attached hydrogens (tertiary/aromatic N) is 3. The molecule has 0 radical (unpaired) electrons. The van der Waals surface area contributed by atoms with Gasteiger partial charge in [-0.2, -0.15) is 4.31 Å². The van der Waals surface area contributed by atoms with Crippen molar-refractivity contribution >= 4 is 37.9 Å². The van der Waals surface area contributed by atoms with Crippen molar-refractivity contribution in [1.29, 1.82) is 0 Å². The lowest BCUT2D eigenvalue weighted by Crippen LogP contribution is -2.27. The first-order valence-corrected chi connectivity index (χ1v) is 10.00. The van der Waals surface area contributed by atoms with Crippen molar-refractivity contribution < 1.29 is 8.42 Å². The van der Waals surface area contributed by atoms with Crippen LogP contribution in [0.4, 0.5) is 0 Å². The predicted octanol–water partition coefficient (Wildman–Crippen LogP) is 3.80. The Balaban J connectivity index is 1.98. The minimum Gasteiger partial charge on any atom is -0.293 e. The van der Waals surface area contributed by atoms with Gasteiger partial charge in [-0.15, -0.1) is 11.3 Å². The maximum absolute atomic E-state index is 12.9. The SMILES string of the molecule is Cc1ccc(S(=O)(=O)N(C)Cc2c(C)nc3sc(C)cn23)c(Cl)c1. The van der Waals surface area contributed by atoms with Crippen LogP contribution in [-0.4, -0.2) is 29.2 Å². The summed E-state index contributed by atoms with van der Waals surface area (Å²) in [6.07, 6.45) is 1.98. The van der Waals surface area contributed by atoms with Crippen LogP contribution in [0.25, 0.3) is 4.96 Å². The Morgan fingerprint density at radius 3 is 2.67 bits per heavy atom. The van der Waals surface area contributed by atoms with E-state index < -0.39 is 10.0 Å². The summed E-state index contributed by atoms with van der Waals surface area (Å²) in [4.78, 5) is 6.63. The summed E-state index contributed by atoms with van der Waals surface area (Å²) in [5.41, 5.74) is 2.62. The van der Waals surface area contributed by atoms with Gasteiger partial charge < -0.3 is 0 Å². The molecule has 0 saturated heterocycles. The minimum absolute atomic E-state index is 0.122. The van der Waals surface area contributed by atoms with E-state index in [2.05, 4.69) is 4.98 Å². The van der Waals surface area contributed by atoms with Gasteiger partial charge in [0.25, 0.3) is 0 Å². The average molecular weight is 384 g/mol. The van der Waals surface area contributed by atoms with Crippen LogP contribution in [0.3, 0.4) is 0 Å². The molecule has 0 atom stereocenters. The first-order valence-electron chi connectivity index (χ1n) is 7.36. The molecule has 0 N–H and O–H groups in total. The van der Waals surface area contributed by atoms with E-state index in [1.807, 2.05) is 31.4 Å². The number of aromatic nitrogens is 2. The number of thiazole rings is 1. The van der Waals surface area contributed by atoms with Gasteiger partial charge >= 0.3 is 0 Å². The fourth-order valence-corrected chi connectivity index (χ4v) is 5.17. The molecule has 2 aromatic heterocycles. The topological polar surface area (TPSA) is 54.7 Å². The van der Waals surface area contributed by atoms with E-state index in [0.717, 1.165) is 26.8 Å². The van der Waals surface area contributed by atoms with E-state index in [1.54, 1.807) is 36.6 Å². The Hall–Kier alpha value is -1.41. The van der Waals surface area contributed by atoms with Crippen LogP contribution in [0, 0.1) is 20.8 Å². The maximum atomic E-state index is 12.9. The molecule has 128 valence electrons. The number of benzene rings is 1. The zero-order valence-electron chi connectivity index (χ0n) is 13.9. The van der Waals surface area contributed by atoms with Crippen LogP contribution in [0.1, 0.15) is 21.8 Å². The molecule has 0 aliphatic heterocycles. The number of rotatable bonds is 4. The van der Waals surface area contributed by atoms with Crippen LogP contribution in [0.5, 0.6) is 0 Å². The first kappa shape index (κ1) is 17.4. The van der Waals surface area contributed by atoms with E-state index in [1.165, 1.54) is 4.31 Å². The van der Waals surface area contributed by atoms with Crippen LogP contribution < -0.4 is 0 Å². The second kappa shape index (κ2) is 6.15. The molecule has 0 aliphatic rings. The number of aryl methyl sites for hydroxylation is 3. The highest BCUT2D eigenvalue weighted by Gasteiger charge is 2.25. The molecule has 0 bridgehead atoms. The molecule has 8 heteroatoms. The summed E-state index contributed by atoms with van der Waals surface area (Å²) in [6, 6.07) is 4.96. The lowest BCUT2D eigenvalue weighted by atomic mass is 10.2. The summed E-state index contributed by atoms with van der Waals surface area (Å²) in [7, 11) is -2.12. The highest BCUT2D eigenvalue weighted by atomic mass is 35.5. The van der Waals surface area contributed by atoms with Crippen molar-refractivity contribution in [2.45, 2.75) is 32.2 Å². The summed E-state index contributed by atoms with van der Waals surface area (Å²) >= 11 is 7.73. The second-order valence-corrected chi connectivity index (χ2v) is 9.47. The molecule has 3 rings (SSSR count). The van der Waals surface area contributed by atoms with E-state index >= 15 is 0 Å². The highest BCUT2D eigenvalue weighted by molar-refractivity contribution is 7.89. The van der Waals surface area contributed by atoms with Crippen LogP contribution in [0.2, 0.25) is 5.02 Å². The number of hydrogen-bond acceptors (Lipinski definition) is 4. The maximum Gasteiger partial charge on any atom is 0.244 e. The third-order valence-corrected chi connectivity index (χ3v) is 7.07. The molecule has 0 unspecified atom stereocenters. The lowest BCUT2D eigenvalue weighted by molar-refractivity contribution is 0.460. The van der Waals surface area contributed by atoms with Gasteiger partial charge in [-0.25, -0.2) is 13.4 Å². The van der Waals surface area contributed by atoms with Crippen molar-refractivity contribution in [2.24, 2.45) is 0 Å². The largest absolute Gasteiger partial charge is 0.293 e. The van der Waals surface area contributed by atoms with E-state index in [4.69, 9.17) is 11.6 Å². The van der Waals surface area contributed by atoms with E-state index in [0.29, 0.717) is 0 Å². The Kier molecular flexibility index (Phi) is 4.46. The van der Waals surface area contributed by atoms with Crippen molar-refractivity contribution in [1.82, 2.24) is 13.7 Å². The molecule has 2 heterocycles. The number of imidazole rings is 1. The molecule has 3 aromatic rings. The van der Waals surface area contributed by atoms with Crippen molar-refractivity contribution in [3.05, 3.63) is 51.2 Å². The molecule has 0 spiro atoms. The normalized spacial score (nSPS) is 12.4. The number of fused-ring (bicyclic) bond motifs is 1. The molecule has 0 aliphatic carbocycles. The quantitative estimate of drug-likeness (QED) is 0.688. The molecule has 0 fully saturated rings. The Labute approximate surface area is 150 Å². The molecular weight excluding hydrogens is 366 g/mol. The molecular formula is C16H18ClN3O2S2. The van der Waals surface area contributed by atoms with E-state index in [9.17, 15) is 8.42 Å². The van der Waals surface area contributed by atoms with Crippen molar-refractivity contribution in [3.8, 4) is 0 Å². The fraction of sp³-hybridized carbons (Fsp3) is 0.312. The third kappa shape index (κ3) is 2.97. The molecule has 5 nitrogen and oxygen atoms in total. The van der Waals surface area contributed by atoms with Gasteiger partial charge in [0.2, 0.25) is 10.0 Å².